The number of nitrogens with zero attached hydrogens (tertiary/aromatic N) is 1. The van der Waals surface area contributed by atoms with Gasteiger partial charge in [0.05, 0.1) is 4.92 Å². The lowest BCUT2D eigenvalue weighted by Crippen LogP contribution is -2.36. The predicted octanol–water partition coefficient (Wildman–Crippen LogP) is 4.19. The number of rotatable bonds is 9. The van der Waals surface area contributed by atoms with Crippen molar-refractivity contribution in [2.45, 2.75) is 53.0 Å². The largest absolute Gasteiger partial charge is 0.314 e. The van der Waals surface area contributed by atoms with E-state index in [1.165, 1.54) is 0 Å². The second-order valence-corrected chi connectivity index (χ2v) is 6.08. The van der Waals surface area contributed by atoms with Crippen LogP contribution in [0.3, 0.4) is 0 Å². The maximum Gasteiger partial charge on any atom is 0.272 e. The highest BCUT2D eigenvalue weighted by atomic mass is 16.6. The minimum atomic E-state index is -0.279. The third-order valence-corrected chi connectivity index (χ3v) is 4.15. The van der Waals surface area contributed by atoms with Crippen molar-refractivity contribution in [1.29, 1.82) is 0 Å². The van der Waals surface area contributed by atoms with E-state index in [2.05, 4.69) is 33.0 Å². The number of aryl methyl sites for hydroxylation is 1. The van der Waals surface area contributed by atoms with Gasteiger partial charge in [0.15, 0.2) is 0 Å². The molecule has 0 aliphatic carbocycles. The van der Waals surface area contributed by atoms with Gasteiger partial charge in [-0.3, -0.25) is 10.1 Å². The molecule has 1 N–H and O–H groups in total. The SMILES string of the molecule is CCCNC(C)C(CCc1ccccc1[N+](=O)[O-])C(C)C. The molecule has 0 saturated carbocycles. The summed E-state index contributed by atoms with van der Waals surface area (Å²) in [5.41, 5.74) is 1.09. The van der Waals surface area contributed by atoms with Crippen LogP contribution in [0.2, 0.25) is 0 Å². The molecule has 0 aromatic heterocycles. The third kappa shape index (κ3) is 5.46. The van der Waals surface area contributed by atoms with Gasteiger partial charge in [0.25, 0.3) is 5.69 Å². The Bertz CT molecular complexity index is 446. The molecule has 118 valence electrons. The summed E-state index contributed by atoms with van der Waals surface area (Å²) in [5, 5.41) is 14.6. The van der Waals surface area contributed by atoms with Crippen molar-refractivity contribution in [3.8, 4) is 0 Å². The molecule has 1 aromatic rings. The normalized spacial score (nSPS) is 14.1. The fourth-order valence-electron chi connectivity index (χ4n) is 2.91. The minimum absolute atomic E-state index is 0.245. The first-order valence-electron chi connectivity index (χ1n) is 7.93. The van der Waals surface area contributed by atoms with Crippen molar-refractivity contribution in [2.24, 2.45) is 11.8 Å². The summed E-state index contributed by atoms with van der Waals surface area (Å²) in [4.78, 5) is 10.8. The number of para-hydroxylation sites is 1. The quantitative estimate of drug-likeness (QED) is 0.548. The van der Waals surface area contributed by atoms with E-state index in [9.17, 15) is 10.1 Å². The highest BCUT2D eigenvalue weighted by Gasteiger charge is 2.22. The second kappa shape index (κ2) is 8.78. The number of hydrogen-bond acceptors (Lipinski definition) is 3. The van der Waals surface area contributed by atoms with E-state index in [0.717, 1.165) is 31.4 Å². The zero-order chi connectivity index (χ0) is 15.8. The molecule has 0 aliphatic heterocycles. The molecule has 4 heteroatoms. The molecule has 0 heterocycles. The Morgan fingerprint density at radius 2 is 1.90 bits per heavy atom. The van der Waals surface area contributed by atoms with Crippen molar-refractivity contribution < 1.29 is 4.92 Å². The predicted molar refractivity (Wildman–Crippen MR) is 87.5 cm³/mol. The summed E-state index contributed by atoms with van der Waals surface area (Å²) >= 11 is 0. The van der Waals surface area contributed by atoms with Crippen LogP contribution in [0.1, 0.15) is 46.1 Å². The van der Waals surface area contributed by atoms with Crippen LogP contribution in [0.4, 0.5) is 5.69 Å². The van der Waals surface area contributed by atoms with Crippen molar-refractivity contribution in [3.63, 3.8) is 0 Å². The van der Waals surface area contributed by atoms with E-state index < -0.39 is 0 Å². The average Bonchev–Trinajstić information content (AvgIpc) is 2.45. The first-order valence-corrected chi connectivity index (χ1v) is 7.93. The van der Waals surface area contributed by atoms with Gasteiger partial charge in [-0.2, -0.15) is 0 Å². The standard InChI is InChI=1S/C17H28N2O2/c1-5-12-18-14(4)16(13(2)3)11-10-15-8-6-7-9-17(15)19(20)21/h6-9,13-14,16,18H,5,10-12H2,1-4H3. The van der Waals surface area contributed by atoms with Gasteiger partial charge in [-0.05, 0) is 44.6 Å². The molecular formula is C17H28N2O2. The summed E-state index contributed by atoms with van der Waals surface area (Å²) in [5.74, 6) is 1.09. The Balaban J connectivity index is 2.71. The molecule has 4 nitrogen and oxygen atoms in total. The lowest BCUT2D eigenvalue weighted by Gasteiger charge is -2.28. The zero-order valence-corrected chi connectivity index (χ0v) is 13.6. The molecule has 0 fully saturated rings. The lowest BCUT2D eigenvalue weighted by atomic mass is 9.84. The van der Waals surface area contributed by atoms with Crippen LogP contribution in [0.5, 0.6) is 0 Å². The fraction of sp³-hybridized carbons (Fsp3) is 0.647. The molecule has 0 saturated heterocycles. The van der Waals surface area contributed by atoms with Gasteiger partial charge in [-0.25, -0.2) is 0 Å². The van der Waals surface area contributed by atoms with Gasteiger partial charge >= 0.3 is 0 Å². The van der Waals surface area contributed by atoms with E-state index in [-0.39, 0.29) is 10.6 Å². The molecule has 0 spiro atoms. The lowest BCUT2D eigenvalue weighted by molar-refractivity contribution is -0.385. The van der Waals surface area contributed by atoms with E-state index in [1.54, 1.807) is 12.1 Å². The van der Waals surface area contributed by atoms with Crippen molar-refractivity contribution in [3.05, 3.63) is 39.9 Å². The first-order chi connectivity index (χ1) is 9.97. The Labute approximate surface area is 128 Å². The molecule has 2 unspecified atom stereocenters. The Kier molecular flexibility index (Phi) is 7.37. The van der Waals surface area contributed by atoms with Gasteiger partial charge in [0.2, 0.25) is 0 Å². The van der Waals surface area contributed by atoms with Crippen LogP contribution >= 0.6 is 0 Å². The molecule has 1 rings (SSSR count). The van der Waals surface area contributed by atoms with Crippen LogP contribution in [0.25, 0.3) is 0 Å². The van der Waals surface area contributed by atoms with Gasteiger partial charge in [0, 0.05) is 17.7 Å². The monoisotopic (exact) mass is 292 g/mol. The van der Waals surface area contributed by atoms with Gasteiger partial charge < -0.3 is 5.32 Å². The van der Waals surface area contributed by atoms with E-state index in [0.29, 0.717) is 17.9 Å². The number of nitro groups is 1. The van der Waals surface area contributed by atoms with Crippen LogP contribution in [0.15, 0.2) is 24.3 Å². The van der Waals surface area contributed by atoms with Crippen LogP contribution in [-0.2, 0) is 6.42 Å². The Morgan fingerprint density at radius 3 is 2.48 bits per heavy atom. The summed E-state index contributed by atoms with van der Waals surface area (Å²) in [6.45, 7) is 9.87. The maximum atomic E-state index is 11.1. The summed E-state index contributed by atoms with van der Waals surface area (Å²) in [7, 11) is 0. The van der Waals surface area contributed by atoms with Gasteiger partial charge in [-0.15, -0.1) is 0 Å². The highest BCUT2D eigenvalue weighted by molar-refractivity contribution is 5.39. The topological polar surface area (TPSA) is 55.2 Å². The summed E-state index contributed by atoms with van der Waals surface area (Å²) in [6.07, 6.45) is 2.86. The third-order valence-electron chi connectivity index (χ3n) is 4.15. The number of hydrogen-bond donors (Lipinski definition) is 1. The fourth-order valence-corrected chi connectivity index (χ4v) is 2.91. The number of benzene rings is 1. The van der Waals surface area contributed by atoms with Crippen LogP contribution < -0.4 is 5.32 Å². The molecule has 0 radical (unpaired) electrons. The molecule has 1 aromatic carbocycles. The van der Waals surface area contributed by atoms with E-state index >= 15 is 0 Å². The minimum Gasteiger partial charge on any atom is -0.314 e. The molecule has 21 heavy (non-hydrogen) atoms. The Morgan fingerprint density at radius 1 is 1.24 bits per heavy atom. The van der Waals surface area contributed by atoms with Gasteiger partial charge in [-0.1, -0.05) is 39.0 Å². The summed E-state index contributed by atoms with van der Waals surface area (Å²) < 4.78 is 0. The number of nitro benzene ring substituents is 1. The van der Waals surface area contributed by atoms with Gasteiger partial charge in [0.1, 0.15) is 0 Å². The smallest absolute Gasteiger partial charge is 0.272 e. The zero-order valence-electron chi connectivity index (χ0n) is 13.6. The van der Waals surface area contributed by atoms with E-state index in [4.69, 9.17) is 0 Å². The maximum absolute atomic E-state index is 11.1. The first kappa shape index (κ1) is 17.6. The van der Waals surface area contributed by atoms with E-state index in [1.807, 2.05) is 12.1 Å². The second-order valence-electron chi connectivity index (χ2n) is 6.08. The van der Waals surface area contributed by atoms with Crippen LogP contribution in [0, 0.1) is 22.0 Å². The molecule has 0 bridgehead atoms. The Hall–Kier alpha value is -1.42. The highest BCUT2D eigenvalue weighted by Crippen LogP contribution is 2.25. The molecule has 0 aliphatic rings. The van der Waals surface area contributed by atoms with Crippen LogP contribution in [-0.4, -0.2) is 17.5 Å². The molecule has 0 amide bonds. The molecule has 2 atom stereocenters. The molecular weight excluding hydrogens is 264 g/mol. The average molecular weight is 292 g/mol. The van der Waals surface area contributed by atoms with Crippen molar-refractivity contribution in [1.82, 2.24) is 5.32 Å². The number of nitrogens with one attached hydrogen (secondary N) is 1. The summed E-state index contributed by atoms with van der Waals surface area (Å²) in [6, 6.07) is 7.52. The van der Waals surface area contributed by atoms with Crippen molar-refractivity contribution in [2.75, 3.05) is 6.54 Å². The van der Waals surface area contributed by atoms with Crippen molar-refractivity contribution >= 4 is 5.69 Å².